The third kappa shape index (κ3) is 3.46. The topological polar surface area (TPSA) is 71.9 Å². The van der Waals surface area contributed by atoms with Gasteiger partial charge in [-0.2, -0.15) is 5.26 Å². The molecule has 0 amide bonds. The van der Waals surface area contributed by atoms with E-state index in [0.717, 1.165) is 33.7 Å². The molecule has 4 nitrogen and oxygen atoms in total. The fraction of sp³-hybridized carbons (Fsp3) is 0.143. The molecule has 25 heavy (non-hydrogen) atoms. The molecule has 3 aromatic rings. The highest BCUT2D eigenvalue weighted by molar-refractivity contribution is 5.79. The summed E-state index contributed by atoms with van der Waals surface area (Å²) < 4.78 is 5.90. The fourth-order valence-electron chi connectivity index (χ4n) is 2.77. The number of anilines is 1. The standard InChI is InChI=1S/C21H19N3O/c1-14-15(2)24-21(23)19(12-22)20(14)17-9-6-10-18(11-17)25-13-16-7-4-3-5-8-16/h3-11H,13H2,1-2H3,(H2,23,24). The molecule has 2 aromatic carbocycles. The Morgan fingerprint density at radius 3 is 2.56 bits per heavy atom. The number of hydrogen-bond acceptors (Lipinski definition) is 4. The number of nitrogens with two attached hydrogens (primary N) is 1. The molecule has 0 bridgehead atoms. The Balaban J connectivity index is 1.96. The second-order valence-corrected chi connectivity index (χ2v) is 5.87. The Morgan fingerprint density at radius 2 is 1.84 bits per heavy atom. The second kappa shape index (κ2) is 7.06. The minimum absolute atomic E-state index is 0.260. The van der Waals surface area contributed by atoms with Crippen LogP contribution in [0.4, 0.5) is 5.82 Å². The minimum atomic E-state index is 0.260. The van der Waals surface area contributed by atoms with Crippen LogP contribution in [-0.2, 0) is 6.61 Å². The molecule has 0 saturated heterocycles. The van der Waals surface area contributed by atoms with Crippen molar-refractivity contribution in [2.75, 3.05) is 5.73 Å². The number of pyridine rings is 1. The summed E-state index contributed by atoms with van der Waals surface area (Å²) in [7, 11) is 0. The van der Waals surface area contributed by atoms with Crippen LogP contribution in [-0.4, -0.2) is 4.98 Å². The first-order chi connectivity index (χ1) is 12.1. The van der Waals surface area contributed by atoms with Crippen molar-refractivity contribution in [3.8, 4) is 22.9 Å². The molecule has 1 aromatic heterocycles. The summed E-state index contributed by atoms with van der Waals surface area (Å²) >= 11 is 0. The highest BCUT2D eigenvalue weighted by atomic mass is 16.5. The van der Waals surface area contributed by atoms with Crippen molar-refractivity contribution in [1.29, 1.82) is 5.26 Å². The first-order valence-corrected chi connectivity index (χ1v) is 8.04. The lowest BCUT2D eigenvalue weighted by molar-refractivity contribution is 0.306. The summed E-state index contributed by atoms with van der Waals surface area (Å²) in [5.74, 6) is 1.01. The molecule has 0 spiro atoms. The van der Waals surface area contributed by atoms with Crippen molar-refractivity contribution >= 4 is 5.82 Å². The molecule has 0 unspecified atom stereocenters. The van der Waals surface area contributed by atoms with Crippen molar-refractivity contribution in [1.82, 2.24) is 4.98 Å². The zero-order valence-corrected chi connectivity index (χ0v) is 14.3. The van der Waals surface area contributed by atoms with E-state index in [0.29, 0.717) is 12.2 Å². The molecule has 0 atom stereocenters. The molecule has 0 radical (unpaired) electrons. The van der Waals surface area contributed by atoms with Crippen molar-refractivity contribution in [2.24, 2.45) is 0 Å². The lowest BCUT2D eigenvalue weighted by atomic mass is 9.95. The van der Waals surface area contributed by atoms with Gasteiger partial charge in [0.15, 0.2) is 0 Å². The molecule has 3 rings (SSSR count). The quantitative estimate of drug-likeness (QED) is 0.770. The first kappa shape index (κ1) is 16.5. The number of nitriles is 1. The van der Waals surface area contributed by atoms with E-state index >= 15 is 0 Å². The summed E-state index contributed by atoms with van der Waals surface area (Å²) in [6.07, 6.45) is 0. The molecular weight excluding hydrogens is 310 g/mol. The van der Waals surface area contributed by atoms with Gasteiger partial charge in [-0.15, -0.1) is 0 Å². The monoisotopic (exact) mass is 329 g/mol. The van der Waals surface area contributed by atoms with E-state index in [-0.39, 0.29) is 5.82 Å². The van der Waals surface area contributed by atoms with Crippen molar-refractivity contribution < 1.29 is 4.74 Å². The maximum Gasteiger partial charge on any atom is 0.142 e. The van der Waals surface area contributed by atoms with Gasteiger partial charge in [0, 0.05) is 11.3 Å². The van der Waals surface area contributed by atoms with Gasteiger partial charge in [0.1, 0.15) is 29.8 Å². The second-order valence-electron chi connectivity index (χ2n) is 5.87. The average Bonchev–Trinajstić information content (AvgIpc) is 2.64. The van der Waals surface area contributed by atoms with E-state index in [9.17, 15) is 5.26 Å². The Labute approximate surface area is 147 Å². The number of aryl methyl sites for hydroxylation is 1. The summed E-state index contributed by atoms with van der Waals surface area (Å²) in [6, 6.07) is 19.9. The molecule has 0 aliphatic rings. The normalized spacial score (nSPS) is 10.3. The van der Waals surface area contributed by atoms with Gasteiger partial charge in [-0.25, -0.2) is 4.98 Å². The number of nitrogens with zero attached hydrogens (tertiary/aromatic N) is 2. The highest BCUT2D eigenvalue weighted by Gasteiger charge is 2.15. The summed E-state index contributed by atoms with van der Waals surface area (Å²) in [5, 5.41) is 9.50. The molecule has 124 valence electrons. The Hall–Kier alpha value is -3.32. The largest absolute Gasteiger partial charge is 0.489 e. The van der Waals surface area contributed by atoms with E-state index in [4.69, 9.17) is 10.5 Å². The van der Waals surface area contributed by atoms with Gasteiger partial charge >= 0.3 is 0 Å². The smallest absolute Gasteiger partial charge is 0.142 e. The molecular formula is C21H19N3O. The van der Waals surface area contributed by atoms with Crippen LogP contribution in [0.3, 0.4) is 0 Å². The van der Waals surface area contributed by atoms with Crippen LogP contribution in [0.2, 0.25) is 0 Å². The summed E-state index contributed by atoms with van der Waals surface area (Å²) in [5.41, 5.74) is 10.9. The predicted molar refractivity (Wildman–Crippen MR) is 99.0 cm³/mol. The number of aromatic nitrogens is 1. The lowest BCUT2D eigenvalue weighted by Crippen LogP contribution is -2.03. The van der Waals surface area contributed by atoms with Gasteiger partial charge in [-0.05, 0) is 42.7 Å². The third-order valence-electron chi connectivity index (χ3n) is 4.19. The summed E-state index contributed by atoms with van der Waals surface area (Å²) in [4.78, 5) is 4.25. The SMILES string of the molecule is Cc1nc(N)c(C#N)c(-c2cccc(OCc3ccccc3)c2)c1C. The Morgan fingerprint density at radius 1 is 1.08 bits per heavy atom. The number of nitrogen functional groups attached to an aromatic ring is 1. The zero-order chi connectivity index (χ0) is 17.8. The van der Waals surface area contributed by atoms with Crippen LogP contribution in [0.5, 0.6) is 5.75 Å². The predicted octanol–water partition coefficient (Wildman–Crippen LogP) is 4.40. The van der Waals surface area contributed by atoms with E-state index in [1.807, 2.05) is 68.4 Å². The van der Waals surface area contributed by atoms with E-state index < -0.39 is 0 Å². The molecule has 0 aliphatic heterocycles. The van der Waals surface area contributed by atoms with Gasteiger partial charge in [0.25, 0.3) is 0 Å². The van der Waals surface area contributed by atoms with Crippen LogP contribution < -0.4 is 10.5 Å². The number of hydrogen-bond donors (Lipinski definition) is 1. The van der Waals surface area contributed by atoms with Gasteiger partial charge in [0.2, 0.25) is 0 Å². The van der Waals surface area contributed by atoms with E-state index in [2.05, 4.69) is 11.1 Å². The van der Waals surface area contributed by atoms with Crippen molar-refractivity contribution in [2.45, 2.75) is 20.5 Å². The first-order valence-electron chi connectivity index (χ1n) is 8.04. The molecule has 1 heterocycles. The third-order valence-corrected chi connectivity index (χ3v) is 4.19. The van der Waals surface area contributed by atoms with Crippen LogP contribution in [0.25, 0.3) is 11.1 Å². The molecule has 4 heteroatoms. The molecule has 0 fully saturated rings. The molecule has 0 aliphatic carbocycles. The maximum absolute atomic E-state index is 9.50. The number of ether oxygens (including phenoxy) is 1. The van der Waals surface area contributed by atoms with Crippen LogP contribution >= 0.6 is 0 Å². The molecule has 2 N–H and O–H groups in total. The lowest BCUT2D eigenvalue weighted by Gasteiger charge is -2.14. The van der Waals surface area contributed by atoms with Crippen molar-refractivity contribution in [3.63, 3.8) is 0 Å². The van der Waals surface area contributed by atoms with Gasteiger partial charge in [-0.1, -0.05) is 42.5 Å². The van der Waals surface area contributed by atoms with E-state index in [1.165, 1.54) is 0 Å². The van der Waals surface area contributed by atoms with Crippen LogP contribution in [0, 0.1) is 25.2 Å². The Kier molecular flexibility index (Phi) is 4.67. The summed E-state index contributed by atoms with van der Waals surface area (Å²) in [6.45, 7) is 4.34. The fourth-order valence-corrected chi connectivity index (χ4v) is 2.77. The number of benzene rings is 2. The molecule has 0 saturated carbocycles. The number of rotatable bonds is 4. The zero-order valence-electron chi connectivity index (χ0n) is 14.3. The van der Waals surface area contributed by atoms with Gasteiger partial charge < -0.3 is 10.5 Å². The minimum Gasteiger partial charge on any atom is -0.489 e. The van der Waals surface area contributed by atoms with Crippen LogP contribution in [0.1, 0.15) is 22.4 Å². The Bertz CT molecular complexity index is 943. The highest BCUT2D eigenvalue weighted by Crippen LogP contribution is 2.33. The maximum atomic E-state index is 9.50. The van der Waals surface area contributed by atoms with E-state index in [1.54, 1.807) is 0 Å². The van der Waals surface area contributed by atoms with Crippen molar-refractivity contribution in [3.05, 3.63) is 77.0 Å². The van der Waals surface area contributed by atoms with Gasteiger partial charge in [0.05, 0.1) is 0 Å². The van der Waals surface area contributed by atoms with Gasteiger partial charge in [-0.3, -0.25) is 0 Å². The van der Waals surface area contributed by atoms with Crippen LogP contribution in [0.15, 0.2) is 54.6 Å². The average molecular weight is 329 g/mol.